The summed E-state index contributed by atoms with van der Waals surface area (Å²) in [7, 11) is 0.469. The standard InChI is InChI=1S/C17H19O9P/c1-22-12-6-5-10(7-13(12)26-27(19,20)21)16(18)11-8-14(23-2)17(25-4)15(9-11)24-3/h5-9H,1-4H3,(H2,19,20,21)/p-1. The van der Waals surface area contributed by atoms with Crippen molar-refractivity contribution in [2.75, 3.05) is 28.4 Å². The lowest BCUT2D eigenvalue weighted by Gasteiger charge is -2.19. The third-order valence-electron chi connectivity index (χ3n) is 3.57. The van der Waals surface area contributed by atoms with Gasteiger partial charge in [-0.2, -0.15) is 0 Å². The molecule has 1 N–H and O–H groups in total. The zero-order valence-corrected chi connectivity index (χ0v) is 15.9. The van der Waals surface area contributed by atoms with Crippen molar-refractivity contribution in [3.05, 3.63) is 41.5 Å². The third-order valence-corrected chi connectivity index (χ3v) is 3.99. The highest BCUT2D eigenvalue weighted by Gasteiger charge is 2.20. The fourth-order valence-corrected chi connectivity index (χ4v) is 2.78. The second kappa shape index (κ2) is 8.30. The molecule has 2 aromatic rings. The molecule has 9 nitrogen and oxygen atoms in total. The molecule has 0 saturated heterocycles. The van der Waals surface area contributed by atoms with Crippen LogP contribution in [0, 0.1) is 0 Å². The Hall–Kier alpha value is -2.74. The Balaban J connectivity index is 2.51. The summed E-state index contributed by atoms with van der Waals surface area (Å²) in [5.74, 6) is 0.121. The van der Waals surface area contributed by atoms with Gasteiger partial charge < -0.3 is 33.3 Å². The minimum atomic E-state index is -5.08. The third kappa shape index (κ3) is 4.71. The minimum absolute atomic E-state index is 0.0292. The van der Waals surface area contributed by atoms with Crippen LogP contribution in [0.25, 0.3) is 0 Å². The lowest BCUT2D eigenvalue weighted by Crippen LogP contribution is -2.08. The van der Waals surface area contributed by atoms with Crippen molar-refractivity contribution in [1.29, 1.82) is 0 Å². The molecule has 0 bridgehead atoms. The topological polar surface area (TPSA) is 124 Å². The summed E-state index contributed by atoms with van der Waals surface area (Å²) in [5, 5.41) is 0. The van der Waals surface area contributed by atoms with Crippen LogP contribution in [-0.4, -0.2) is 39.1 Å². The predicted molar refractivity (Wildman–Crippen MR) is 93.0 cm³/mol. The molecule has 0 aliphatic carbocycles. The van der Waals surface area contributed by atoms with Crippen LogP contribution in [0.1, 0.15) is 15.9 Å². The molecular formula is C17H18O9P-. The summed E-state index contributed by atoms with van der Waals surface area (Å²) in [4.78, 5) is 32.8. The number of rotatable bonds is 8. The number of carbonyl (C=O) groups is 1. The maximum absolute atomic E-state index is 12.8. The molecule has 0 radical (unpaired) electrons. The van der Waals surface area contributed by atoms with E-state index in [1.54, 1.807) is 0 Å². The zero-order chi connectivity index (χ0) is 20.2. The Morgan fingerprint density at radius 1 is 0.852 bits per heavy atom. The first-order chi connectivity index (χ1) is 12.7. The van der Waals surface area contributed by atoms with Crippen LogP contribution in [0.2, 0.25) is 0 Å². The Bertz CT molecular complexity index is 863. The van der Waals surface area contributed by atoms with Crippen molar-refractivity contribution in [3.8, 4) is 28.7 Å². The quantitative estimate of drug-likeness (QED) is 0.524. The second-order valence-corrected chi connectivity index (χ2v) is 6.29. The van der Waals surface area contributed by atoms with E-state index in [1.807, 2.05) is 0 Å². The average molecular weight is 397 g/mol. The van der Waals surface area contributed by atoms with E-state index < -0.39 is 13.6 Å². The maximum Gasteiger partial charge on any atom is 0.317 e. The molecule has 2 aromatic carbocycles. The van der Waals surface area contributed by atoms with Gasteiger partial charge in [0.05, 0.1) is 28.4 Å². The number of hydrogen-bond acceptors (Lipinski definition) is 8. The van der Waals surface area contributed by atoms with Gasteiger partial charge in [-0.25, -0.2) is 0 Å². The SMILES string of the molecule is COc1ccc(C(=O)c2cc(OC)c(OC)c(OC)c2)cc1OP(=O)([O-])O. The van der Waals surface area contributed by atoms with Crippen molar-refractivity contribution in [1.82, 2.24) is 0 Å². The first-order valence-corrected chi connectivity index (χ1v) is 8.99. The Labute approximate surface area is 155 Å². The van der Waals surface area contributed by atoms with Crippen LogP contribution in [0.4, 0.5) is 0 Å². The first kappa shape index (κ1) is 20.6. The monoisotopic (exact) mass is 397 g/mol. The Morgan fingerprint density at radius 3 is 1.81 bits per heavy atom. The molecule has 27 heavy (non-hydrogen) atoms. The minimum Gasteiger partial charge on any atom is -0.746 e. The summed E-state index contributed by atoms with van der Waals surface area (Å²) in [6.07, 6.45) is 0. The Kier molecular flexibility index (Phi) is 6.32. The molecule has 0 amide bonds. The molecule has 0 heterocycles. The van der Waals surface area contributed by atoms with Crippen LogP contribution in [0.3, 0.4) is 0 Å². The summed E-state index contributed by atoms with van der Waals surface area (Å²) < 4.78 is 36.1. The molecule has 1 atom stereocenters. The van der Waals surface area contributed by atoms with Gasteiger partial charge in [0.2, 0.25) is 5.75 Å². The number of ether oxygens (including phenoxy) is 4. The highest BCUT2D eigenvalue weighted by atomic mass is 31.2. The number of benzene rings is 2. The van der Waals surface area contributed by atoms with Gasteiger partial charge in [0, 0.05) is 11.1 Å². The molecule has 0 aliphatic rings. The number of carbonyl (C=O) groups excluding carboxylic acids is 1. The highest BCUT2D eigenvalue weighted by molar-refractivity contribution is 7.45. The van der Waals surface area contributed by atoms with Gasteiger partial charge >= 0.3 is 7.82 Å². The van der Waals surface area contributed by atoms with Gasteiger partial charge in [0.15, 0.2) is 28.8 Å². The second-order valence-electron chi connectivity index (χ2n) is 5.17. The molecule has 0 aromatic heterocycles. The number of phosphoric ester groups is 1. The summed E-state index contributed by atoms with van der Waals surface area (Å²) >= 11 is 0. The molecule has 146 valence electrons. The van der Waals surface area contributed by atoms with E-state index >= 15 is 0 Å². The smallest absolute Gasteiger partial charge is 0.317 e. The van der Waals surface area contributed by atoms with Gasteiger partial charge in [-0.15, -0.1) is 0 Å². The van der Waals surface area contributed by atoms with Crippen molar-refractivity contribution in [2.45, 2.75) is 0 Å². The fourth-order valence-electron chi connectivity index (χ4n) is 2.39. The molecular weight excluding hydrogens is 379 g/mol. The molecule has 0 aliphatic heterocycles. The van der Waals surface area contributed by atoms with E-state index in [0.717, 1.165) is 6.07 Å². The number of methoxy groups -OCH3 is 4. The lowest BCUT2D eigenvalue weighted by atomic mass is 10.0. The summed E-state index contributed by atoms with van der Waals surface area (Å²) in [6.45, 7) is 0. The lowest BCUT2D eigenvalue weighted by molar-refractivity contribution is -0.211. The fraction of sp³-hybridized carbons (Fsp3) is 0.235. The predicted octanol–water partition coefficient (Wildman–Crippen LogP) is 1.79. The van der Waals surface area contributed by atoms with E-state index in [-0.39, 0.29) is 34.1 Å². The van der Waals surface area contributed by atoms with E-state index in [2.05, 4.69) is 4.52 Å². The average Bonchev–Trinajstić information content (AvgIpc) is 2.64. The first-order valence-electron chi connectivity index (χ1n) is 7.50. The van der Waals surface area contributed by atoms with Gasteiger partial charge in [-0.3, -0.25) is 9.36 Å². The molecule has 2 rings (SSSR count). The van der Waals surface area contributed by atoms with Crippen molar-refractivity contribution in [2.24, 2.45) is 0 Å². The number of phosphoric acid groups is 1. The van der Waals surface area contributed by atoms with Crippen molar-refractivity contribution < 1.29 is 42.6 Å². The molecule has 0 saturated carbocycles. The number of ketones is 1. The van der Waals surface area contributed by atoms with E-state index in [0.29, 0.717) is 5.75 Å². The van der Waals surface area contributed by atoms with Gasteiger partial charge in [0.1, 0.15) is 0 Å². The molecule has 1 unspecified atom stereocenters. The van der Waals surface area contributed by atoms with Crippen molar-refractivity contribution >= 4 is 13.6 Å². The zero-order valence-electron chi connectivity index (χ0n) is 15.0. The van der Waals surface area contributed by atoms with Crippen LogP contribution in [0.15, 0.2) is 30.3 Å². The van der Waals surface area contributed by atoms with Gasteiger partial charge in [0.25, 0.3) is 0 Å². The molecule has 0 spiro atoms. The van der Waals surface area contributed by atoms with Crippen LogP contribution >= 0.6 is 7.82 Å². The highest BCUT2D eigenvalue weighted by Crippen LogP contribution is 2.41. The van der Waals surface area contributed by atoms with Gasteiger partial charge in [-0.05, 0) is 30.3 Å². The summed E-state index contributed by atoms with van der Waals surface area (Å²) in [6, 6.07) is 6.82. The van der Waals surface area contributed by atoms with E-state index in [4.69, 9.17) is 23.8 Å². The summed E-state index contributed by atoms with van der Waals surface area (Å²) in [5.41, 5.74) is 0.295. The molecule has 10 heteroatoms. The van der Waals surface area contributed by atoms with E-state index in [1.165, 1.54) is 52.7 Å². The van der Waals surface area contributed by atoms with Crippen LogP contribution in [-0.2, 0) is 4.57 Å². The Morgan fingerprint density at radius 2 is 1.37 bits per heavy atom. The number of hydrogen-bond donors (Lipinski definition) is 1. The van der Waals surface area contributed by atoms with Crippen LogP contribution in [0.5, 0.6) is 28.7 Å². The van der Waals surface area contributed by atoms with Crippen molar-refractivity contribution in [3.63, 3.8) is 0 Å². The largest absolute Gasteiger partial charge is 0.746 e. The molecule has 0 fully saturated rings. The van der Waals surface area contributed by atoms with Gasteiger partial charge in [-0.1, -0.05) is 0 Å². The normalized spacial score (nSPS) is 12.7. The van der Waals surface area contributed by atoms with Crippen LogP contribution < -0.4 is 28.4 Å². The maximum atomic E-state index is 12.8. The van der Waals surface area contributed by atoms with E-state index in [9.17, 15) is 14.3 Å².